The van der Waals surface area contributed by atoms with Gasteiger partial charge in [-0.05, 0) is 80.1 Å². The van der Waals surface area contributed by atoms with Crippen molar-refractivity contribution in [2.75, 3.05) is 4.90 Å². The van der Waals surface area contributed by atoms with E-state index in [0.29, 0.717) is 21.3 Å². The molecule has 0 aliphatic heterocycles. The number of rotatable bonds is 7. The Morgan fingerprint density at radius 2 is 1.58 bits per heavy atom. The molecule has 2 amide bonds. The van der Waals surface area contributed by atoms with Gasteiger partial charge in [0.05, 0.1) is 5.56 Å². The average molecular weight is 555 g/mol. The lowest BCUT2D eigenvalue weighted by Crippen LogP contribution is -2.50. The van der Waals surface area contributed by atoms with Gasteiger partial charge in [0.2, 0.25) is 11.7 Å². The number of nitrogens with zero attached hydrogens (tertiary/aromatic N) is 5. The maximum atomic E-state index is 14.2. The number of hydrogen-bond donors (Lipinski definition) is 1. The van der Waals surface area contributed by atoms with E-state index in [1.54, 1.807) is 60.7 Å². The summed E-state index contributed by atoms with van der Waals surface area (Å²) in [4.78, 5) is 29.9. The van der Waals surface area contributed by atoms with Crippen molar-refractivity contribution < 1.29 is 14.0 Å². The van der Waals surface area contributed by atoms with E-state index in [1.165, 1.54) is 17.0 Å². The molecule has 1 unspecified atom stereocenters. The summed E-state index contributed by atoms with van der Waals surface area (Å²) in [5.74, 6) is -1.38. The van der Waals surface area contributed by atoms with Gasteiger partial charge in [-0.2, -0.15) is 4.80 Å². The van der Waals surface area contributed by atoms with Crippen LogP contribution in [0.15, 0.2) is 72.8 Å². The second-order valence-electron chi connectivity index (χ2n) is 9.56. The van der Waals surface area contributed by atoms with E-state index >= 15 is 0 Å². The monoisotopic (exact) mass is 554 g/mol. The van der Waals surface area contributed by atoms with Crippen molar-refractivity contribution in [2.45, 2.75) is 38.9 Å². The van der Waals surface area contributed by atoms with Crippen molar-refractivity contribution in [3.05, 3.63) is 94.2 Å². The Morgan fingerprint density at radius 1 is 0.974 bits per heavy atom. The number of amides is 2. The number of nitrogens with one attached hydrogen (secondary N) is 1. The first kappa shape index (κ1) is 27.2. The molecule has 196 valence electrons. The third-order valence-electron chi connectivity index (χ3n) is 5.41. The topological polar surface area (TPSA) is 93.0 Å². The SMILES string of the molecule is CC(C)(C)NC(=O)C(c1ccc(Cl)cc1)N(C(=O)Cn1nnc(-c2ccccc2F)n1)c1ccc(Cl)cc1. The zero-order valence-corrected chi connectivity index (χ0v) is 22.4. The van der Waals surface area contributed by atoms with Gasteiger partial charge in [0.25, 0.3) is 5.91 Å². The summed E-state index contributed by atoms with van der Waals surface area (Å²) in [6.45, 7) is 5.18. The number of aromatic nitrogens is 4. The summed E-state index contributed by atoms with van der Waals surface area (Å²) >= 11 is 12.2. The lowest BCUT2D eigenvalue weighted by Gasteiger charge is -2.33. The van der Waals surface area contributed by atoms with E-state index in [9.17, 15) is 14.0 Å². The largest absolute Gasteiger partial charge is 0.349 e. The fraction of sp³-hybridized carbons (Fsp3) is 0.222. The molecule has 1 heterocycles. The van der Waals surface area contributed by atoms with Gasteiger partial charge in [0, 0.05) is 21.3 Å². The number of anilines is 1. The molecule has 1 atom stereocenters. The molecule has 0 fully saturated rings. The molecular formula is C27H25Cl2FN6O2. The normalized spacial score (nSPS) is 12.2. The summed E-state index contributed by atoms with van der Waals surface area (Å²) < 4.78 is 14.2. The highest BCUT2D eigenvalue weighted by molar-refractivity contribution is 6.31. The molecule has 0 saturated carbocycles. The summed E-state index contributed by atoms with van der Waals surface area (Å²) in [5.41, 5.74) is 0.554. The Morgan fingerprint density at radius 3 is 2.18 bits per heavy atom. The Balaban J connectivity index is 1.75. The number of tetrazole rings is 1. The second-order valence-corrected chi connectivity index (χ2v) is 10.4. The minimum atomic E-state index is -1.06. The molecule has 4 aromatic rings. The van der Waals surface area contributed by atoms with Crippen LogP contribution in [0.4, 0.5) is 10.1 Å². The van der Waals surface area contributed by atoms with E-state index < -0.39 is 29.2 Å². The van der Waals surface area contributed by atoms with Crippen LogP contribution in [0.5, 0.6) is 0 Å². The predicted molar refractivity (Wildman–Crippen MR) is 144 cm³/mol. The van der Waals surface area contributed by atoms with Crippen LogP contribution in [0.1, 0.15) is 32.4 Å². The van der Waals surface area contributed by atoms with Crippen LogP contribution in [0, 0.1) is 5.82 Å². The lowest BCUT2D eigenvalue weighted by molar-refractivity contribution is -0.128. The van der Waals surface area contributed by atoms with Crippen molar-refractivity contribution in [3.8, 4) is 11.4 Å². The maximum Gasteiger partial charge on any atom is 0.251 e. The lowest BCUT2D eigenvalue weighted by atomic mass is 10.0. The zero-order valence-electron chi connectivity index (χ0n) is 20.9. The summed E-state index contributed by atoms with van der Waals surface area (Å²) in [6.07, 6.45) is 0. The number of halogens is 3. The summed E-state index contributed by atoms with van der Waals surface area (Å²) in [5, 5.41) is 15.9. The second kappa shape index (κ2) is 11.3. The Bertz CT molecular complexity index is 1440. The fourth-order valence-corrected chi connectivity index (χ4v) is 4.05. The van der Waals surface area contributed by atoms with Gasteiger partial charge in [-0.3, -0.25) is 14.5 Å². The fourth-order valence-electron chi connectivity index (χ4n) is 3.80. The molecule has 8 nitrogen and oxygen atoms in total. The molecule has 1 N–H and O–H groups in total. The van der Waals surface area contributed by atoms with E-state index in [2.05, 4.69) is 20.7 Å². The highest BCUT2D eigenvalue weighted by Crippen LogP contribution is 2.31. The molecule has 0 spiro atoms. The number of carbonyl (C=O) groups excluding carboxylic acids is 2. The van der Waals surface area contributed by atoms with Gasteiger partial charge in [-0.15, -0.1) is 10.2 Å². The van der Waals surface area contributed by atoms with Crippen LogP contribution in [0.25, 0.3) is 11.4 Å². The van der Waals surface area contributed by atoms with Crippen LogP contribution in [-0.2, 0) is 16.1 Å². The molecule has 0 aliphatic carbocycles. The maximum absolute atomic E-state index is 14.2. The van der Waals surface area contributed by atoms with Gasteiger partial charge in [0.15, 0.2) is 0 Å². The van der Waals surface area contributed by atoms with E-state index in [0.717, 1.165) is 4.80 Å². The Hall–Kier alpha value is -3.82. The van der Waals surface area contributed by atoms with Crippen molar-refractivity contribution in [2.24, 2.45) is 0 Å². The predicted octanol–water partition coefficient (Wildman–Crippen LogP) is 5.48. The minimum Gasteiger partial charge on any atom is -0.349 e. The van der Waals surface area contributed by atoms with Gasteiger partial charge in [0.1, 0.15) is 18.4 Å². The van der Waals surface area contributed by atoms with Crippen LogP contribution >= 0.6 is 23.2 Å². The van der Waals surface area contributed by atoms with Gasteiger partial charge in [-0.1, -0.05) is 47.5 Å². The minimum absolute atomic E-state index is 0.0358. The van der Waals surface area contributed by atoms with Gasteiger partial charge < -0.3 is 5.32 Å². The molecule has 3 aromatic carbocycles. The standard InChI is InChI=1S/C27H25Cl2FN6O2/c1-27(2,3)31-26(38)24(17-8-10-18(28)11-9-17)36(20-14-12-19(29)13-15-20)23(37)16-35-33-25(32-34-35)21-6-4-5-7-22(21)30/h4-15,24H,16H2,1-3H3,(H,31,38). The van der Waals surface area contributed by atoms with E-state index in [1.807, 2.05) is 20.8 Å². The highest BCUT2D eigenvalue weighted by Gasteiger charge is 2.35. The average Bonchev–Trinajstić information content (AvgIpc) is 3.31. The van der Waals surface area contributed by atoms with Gasteiger partial charge in [-0.25, -0.2) is 4.39 Å². The molecule has 0 radical (unpaired) electrons. The first-order chi connectivity index (χ1) is 18.0. The molecule has 0 saturated heterocycles. The summed E-state index contributed by atoms with van der Waals surface area (Å²) in [6, 6.07) is 18.2. The van der Waals surface area contributed by atoms with Crippen molar-refractivity contribution in [1.29, 1.82) is 0 Å². The molecule has 0 aliphatic rings. The van der Waals surface area contributed by atoms with Crippen LogP contribution in [0.2, 0.25) is 10.0 Å². The Labute approximate surface area is 229 Å². The first-order valence-corrected chi connectivity index (χ1v) is 12.5. The van der Waals surface area contributed by atoms with Crippen LogP contribution in [-0.4, -0.2) is 37.6 Å². The third kappa shape index (κ3) is 6.54. The van der Waals surface area contributed by atoms with Crippen LogP contribution < -0.4 is 10.2 Å². The van der Waals surface area contributed by atoms with Crippen molar-refractivity contribution >= 4 is 40.7 Å². The number of hydrogen-bond acceptors (Lipinski definition) is 5. The molecule has 1 aromatic heterocycles. The van der Waals surface area contributed by atoms with Crippen molar-refractivity contribution in [3.63, 3.8) is 0 Å². The van der Waals surface area contributed by atoms with Crippen molar-refractivity contribution in [1.82, 2.24) is 25.5 Å². The molecule has 4 rings (SSSR count). The number of carbonyl (C=O) groups is 2. The molecule has 11 heteroatoms. The zero-order chi connectivity index (χ0) is 27.4. The highest BCUT2D eigenvalue weighted by atomic mass is 35.5. The van der Waals surface area contributed by atoms with E-state index in [4.69, 9.17) is 23.2 Å². The molecule has 0 bridgehead atoms. The molecule has 38 heavy (non-hydrogen) atoms. The Kier molecular flexibility index (Phi) is 8.08. The van der Waals surface area contributed by atoms with E-state index in [-0.39, 0.29) is 17.9 Å². The quantitative estimate of drug-likeness (QED) is 0.326. The van der Waals surface area contributed by atoms with Crippen LogP contribution in [0.3, 0.4) is 0 Å². The van der Waals surface area contributed by atoms with Gasteiger partial charge >= 0.3 is 0 Å². The third-order valence-corrected chi connectivity index (χ3v) is 5.91. The summed E-state index contributed by atoms with van der Waals surface area (Å²) in [7, 11) is 0. The number of benzene rings is 3. The first-order valence-electron chi connectivity index (χ1n) is 11.7. The smallest absolute Gasteiger partial charge is 0.251 e. The molecular weight excluding hydrogens is 530 g/mol.